The van der Waals surface area contributed by atoms with E-state index in [1.807, 2.05) is 16.4 Å². The van der Waals surface area contributed by atoms with Crippen molar-refractivity contribution >= 4 is 23.5 Å². The Morgan fingerprint density at radius 1 is 1.24 bits per heavy atom. The number of thioether (sulfide) groups is 1. The van der Waals surface area contributed by atoms with Crippen LogP contribution in [-0.2, 0) is 21.8 Å². The molecule has 0 bridgehead atoms. The van der Waals surface area contributed by atoms with Gasteiger partial charge in [0.25, 0.3) is 0 Å². The van der Waals surface area contributed by atoms with Crippen molar-refractivity contribution in [1.29, 1.82) is 0 Å². The van der Waals surface area contributed by atoms with Crippen molar-refractivity contribution < 1.29 is 4.79 Å². The Morgan fingerprint density at radius 3 is 2.62 bits per heavy atom. The Morgan fingerprint density at radius 2 is 1.95 bits per heavy atom. The molecule has 116 valence electrons. The van der Waals surface area contributed by atoms with Crippen molar-refractivity contribution in [1.82, 2.24) is 9.78 Å². The third-order valence-corrected chi connectivity index (χ3v) is 5.38. The molecule has 0 radical (unpaired) electrons. The fourth-order valence-electron chi connectivity index (χ4n) is 3.21. The molecule has 5 heteroatoms. The lowest BCUT2D eigenvalue weighted by atomic mass is 9.88. The van der Waals surface area contributed by atoms with Crippen molar-refractivity contribution in [3.63, 3.8) is 0 Å². The number of nitrogens with zero attached hydrogens (tertiary/aromatic N) is 2. The number of carbonyl (C=O) groups excluding carboxylic acids is 1. The second kappa shape index (κ2) is 5.67. The topological polar surface area (TPSA) is 46.9 Å². The third-order valence-electron chi connectivity index (χ3n) is 4.40. The zero-order valence-corrected chi connectivity index (χ0v) is 14.1. The molecule has 1 aromatic rings. The number of amides is 1. The number of hydrogen-bond donors (Lipinski definition) is 1. The van der Waals surface area contributed by atoms with Crippen LogP contribution in [0.3, 0.4) is 0 Å². The molecule has 0 saturated heterocycles. The first-order valence-corrected chi connectivity index (χ1v) is 9.12. The van der Waals surface area contributed by atoms with Crippen LogP contribution in [0, 0.1) is 5.92 Å². The van der Waals surface area contributed by atoms with Crippen LogP contribution in [-0.4, -0.2) is 15.7 Å². The zero-order chi connectivity index (χ0) is 15.0. The maximum absolute atomic E-state index is 12.6. The van der Waals surface area contributed by atoms with E-state index in [1.165, 1.54) is 24.8 Å². The van der Waals surface area contributed by atoms with Gasteiger partial charge in [0.2, 0.25) is 5.91 Å². The van der Waals surface area contributed by atoms with Crippen molar-refractivity contribution in [3.05, 3.63) is 11.3 Å². The van der Waals surface area contributed by atoms with Crippen LogP contribution >= 0.6 is 11.8 Å². The van der Waals surface area contributed by atoms with Crippen LogP contribution < -0.4 is 5.32 Å². The van der Waals surface area contributed by atoms with Gasteiger partial charge >= 0.3 is 0 Å². The molecule has 1 aliphatic heterocycles. The van der Waals surface area contributed by atoms with Gasteiger partial charge in [-0.1, -0.05) is 19.3 Å². The van der Waals surface area contributed by atoms with E-state index in [1.54, 1.807) is 0 Å². The Balaban J connectivity index is 1.85. The maximum Gasteiger partial charge on any atom is 0.228 e. The molecule has 1 saturated carbocycles. The van der Waals surface area contributed by atoms with Crippen molar-refractivity contribution in [2.45, 2.75) is 69.9 Å². The smallest absolute Gasteiger partial charge is 0.228 e. The fourth-order valence-corrected chi connectivity index (χ4v) is 4.25. The van der Waals surface area contributed by atoms with Gasteiger partial charge in [0.05, 0.1) is 11.2 Å². The summed E-state index contributed by atoms with van der Waals surface area (Å²) in [6.07, 6.45) is 5.71. The SMILES string of the molecule is CC(C)(C)n1nc2c(c1NC(=O)C1CCCCC1)CSC2. The predicted molar refractivity (Wildman–Crippen MR) is 87.4 cm³/mol. The average molecular weight is 307 g/mol. The largest absolute Gasteiger partial charge is 0.310 e. The van der Waals surface area contributed by atoms with E-state index in [9.17, 15) is 4.79 Å². The van der Waals surface area contributed by atoms with Crippen LogP contribution in [0.4, 0.5) is 5.82 Å². The lowest BCUT2D eigenvalue weighted by Crippen LogP contribution is -2.30. The summed E-state index contributed by atoms with van der Waals surface area (Å²) in [7, 11) is 0. The molecule has 0 unspecified atom stereocenters. The number of fused-ring (bicyclic) bond motifs is 1. The molecule has 1 aromatic heterocycles. The highest BCUT2D eigenvalue weighted by atomic mass is 32.2. The lowest BCUT2D eigenvalue weighted by Gasteiger charge is -2.25. The van der Waals surface area contributed by atoms with E-state index >= 15 is 0 Å². The molecule has 0 spiro atoms. The highest BCUT2D eigenvalue weighted by Crippen LogP contribution is 2.37. The van der Waals surface area contributed by atoms with Crippen LogP contribution in [0.2, 0.25) is 0 Å². The van der Waals surface area contributed by atoms with Crippen molar-refractivity contribution in [2.75, 3.05) is 5.32 Å². The standard InChI is InChI=1S/C16H25N3OS/c1-16(2,3)19-14(12-9-21-10-13(12)18-19)17-15(20)11-7-5-4-6-8-11/h11H,4-10H2,1-3H3,(H,17,20). The second-order valence-electron chi connectivity index (χ2n) is 7.17. The van der Waals surface area contributed by atoms with Crippen molar-refractivity contribution in [2.24, 2.45) is 5.92 Å². The highest BCUT2D eigenvalue weighted by Gasteiger charge is 2.30. The summed E-state index contributed by atoms with van der Waals surface area (Å²) >= 11 is 1.88. The van der Waals surface area contributed by atoms with E-state index in [4.69, 9.17) is 5.10 Å². The molecule has 21 heavy (non-hydrogen) atoms. The summed E-state index contributed by atoms with van der Waals surface area (Å²) in [6.45, 7) is 6.41. The highest BCUT2D eigenvalue weighted by molar-refractivity contribution is 7.98. The molecule has 1 fully saturated rings. The normalized spacial score (nSPS) is 19.6. The van der Waals surface area contributed by atoms with Gasteiger partial charge in [0, 0.05) is 23.0 Å². The third kappa shape index (κ3) is 2.98. The summed E-state index contributed by atoms with van der Waals surface area (Å²) in [4.78, 5) is 12.6. The summed E-state index contributed by atoms with van der Waals surface area (Å²) in [5.41, 5.74) is 2.28. The van der Waals surface area contributed by atoms with Crippen LogP contribution in [0.5, 0.6) is 0 Å². The first kappa shape index (κ1) is 14.9. The zero-order valence-electron chi connectivity index (χ0n) is 13.2. The molecular weight excluding hydrogens is 282 g/mol. The van der Waals surface area contributed by atoms with Crippen LogP contribution in [0.1, 0.15) is 64.1 Å². The summed E-state index contributed by atoms with van der Waals surface area (Å²) in [6, 6.07) is 0. The van der Waals surface area contributed by atoms with Crippen LogP contribution in [0.15, 0.2) is 0 Å². The molecule has 0 atom stereocenters. The fraction of sp³-hybridized carbons (Fsp3) is 0.750. The van der Waals surface area contributed by atoms with Gasteiger partial charge in [-0.25, -0.2) is 4.68 Å². The molecule has 1 N–H and O–H groups in total. The van der Waals surface area contributed by atoms with Gasteiger partial charge < -0.3 is 5.32 Å². The Labute approximate surface area is 131 Å². The van der Waals surface area contributed by atoms with Gasteiger partial charge in [-0.3, -0.25) is 4.79 Å². The van der Waals surface area contributed by atoms with Gasteiger partial charge in [0.15, 0.2) is 0 Å². The summed E-state index contributed by atoms with van der Waals surface area (Å²) in [5, 5.41) is 7.96. The molecule has 2 aliphatic rings. The predicted octanol–water partition coefficient (Wildman–Crippen LogP) is 3.90. The van der Waals surface area contributed by atoms with Gasteiger partial charge in [-0.2, -0.15) is 16.9 Å². The lowest BCUT2D eigenvalue weighted by molar-refractivity contribution is -0.120. The minimum absolute atomic E-state index is 0.107. The second-order valence-corrected chi connectivity index (χ2v) is 8.16. The Kier molecular flexibility index (Phi) is 4.04. The van der Waals surface area contributed by atoms with E-state index in [0.29, 0.717) is 0 Å². The molecule has 3 rings (SSSR count). The number of anilines is 1. The first-order chi connectivity index (χ1) is 9.97. The monoisotopic (exact) mass is 307 g/mol. The van der Waals surface area contributed by atoms with E-state index in [2.05, 4.69) is 26.1 Å². The first-order valence-electron chi connectivity index (χ1n) is 7.96. The van der Waals surface area contributed by atoms with Crippen molar-refractivity contribution in [3.8, 4) is 0 Å². The number of hydrogen-bond acceptors (Lipinski definition) is 3. The molecule has 1 amide bonds. The number of carbonyl (C=O) groups is 1. The minimum atomic E-state index is -0.107. The number of aromatic nitrogens is 2. The Hall–Kier alpha value is -0.970. The Bertz CT molecular complexity index is 538. The minimum Gasteiger partial charge on any atom is -0.310 e. The molecule has 4 nitrogen and oxygen atoms in total. The van der Waals surface area contributed by atoms with Gasteiger partial charge in [-0.05, 0) is 33.6 Å². The van der Waals surface area contributed by atoms with E-state index in [-0.39, 0.29) is 17.4 Å². The molecular formula is C16H25N3OS. The van der Waals surface area contributed by atoms with Gasteiger partial charge in [-0.15, -0.1) is 0 Å². The van der Waals surface area contributed by atoms with E-state index in [0.717, 1.165) is 35.9 Å². The van der Waals surface area contributed by atoms with Crippen LogP contribution in [0.25, 0.3) is 0 Å². The molecule has 1 aliphatic carbocycles. The quantitative estimate of drug-likeness (QED) is 0.901. The van der Waals surface area contributed by atoms with Gasteiger partial charge in [0.1, 0.15) is 5.82 Å². The van der Waals surface area contributed by atoms with E-state index < -0.39 is 0 Å². The number of rotatable bonds is 2. The molecule has 0 aromatic carbocycles. The summed E-state index contributed by atoms with van der Waals surface area (Å²) in [5.74, 6) is 3.25. The number of nitrogens with one attached hydrogen (secondary N) is 1. The molecule has 2 heterocycles. The average Bonchev–Trinajstić information content (AvgIpc) is 3.01. The maximum atomic E-state index is 12.6. The summed E-state index contributed by atoms with van der Waals surface area (Å²) < 4.78 is 2.01.